The lowest BCUT2D eigenvalue weighted by molar-refractivity contribution is -0.0230. The van der Waals surface area contributed by atoms with Gasteiger partial charge in [0.25, 0.3) is 0 Å². The predicted octanol–water partition coefficient (Wildman–Crippen LogP) is 2.78. The van der Waals surface area contributed by atoms with Gasteiger partial charge in [0.2, 0.25) is 0 Å². The molecule has 4 heteroatoms. The molecular formula is C18H28O4. The average Bonchev–Trinajstić information content (AvgIpc) is 2.54. The molecular weight excluding hydrogens is 280 g/mol. The number of hydrogen-bond donors (Lipinski definition) is 2. The number of rotatable bonds is 9. The largest absolute Gasteiger partial charge is 0.497 e. The number of ether oxygens (including phenoxy) is 2. The Labute approximate surface area is 133 Å². The van der Waals surface area contributed by atoms with Crippen LogP contribution in [0.2, 0.25) is 0 Å². The molecule has 0 amide bonds. The van der Waals surface area contributed by atoms with Gasteiger partial charge >= 0.3 is 0 Å². The van der Waals surface area contributed by atoms with E-state index in [0.717, 1.165) is 11.3 Å². The normalized spacial score (nSPS) is 17.2. The first-order valence-corrected chi connectivity index (χ1v) is 7.69. The Hall–Kier alpha value is -1.36. The summed E-state index contributed by atoms with van der Waals surface area (Å²) in [5.41, 5.74) is 1.06. The van der Waals surface area contributed by atoms with Gasteiger partial charge in [-0.2, -0.15) is 0 Å². The summed E-state index contributed by atoms with van der Waals surface area (Å²) in [7, 11) is 1.64. The first-order chi connectivity index (χ1) is 10.5. The molecule has 1 rings (SSSR count). The number of allylic oxidation sites excluding steroid dienone is 1. The van der Waals surface area contributed by atoms with Crippen molar-refractivity contribution >= 4 is 0 Å². The van der Waals surface area contributed by atoms with E-state index in [2.05, 4.69) is 0 Å². The summed E-state index contributed by atoms with van der Waals surface area (Å²) in [6.45, 7) is 6.56. The van der Waals surface area contributed by atoms with E-state index in [1.165, 1.54) is 0 Å². The highest BCUT2D eigenvalue weighted by atomic mass is 16.5. The molecule has 2 N–H and O–H groups in total. The lowest BCUT2D eigenvalue weighted by Gasteiger charge is -2.27. The van der Waals surface area contributed by atoms with Gasteiger partial charge in [-0.3, -0.25) is 0 Å². The van der Waals surface area contributed by atoms with Crippen LogP contribution in [0, 0.1) is 11.8 Å². The van der Waals surface area contributed by atoms with Crippen molar-refractivity contribution < 1.29 is 19.7 Å². The van der Waals surface area contributed by atoms with Crippen LogP contribution in [-0.4, -0.2) is 36.1 Å². The van der Waals surface area contributed by atoms with Gasteiger partial charge in [-0.25, -0.2) is 0 Å². The summed E-state index contributed by atoms with van der Waals surface area (Å²) in [4.78, 5) is 0. The zero-order chi connectivity index (χ0) is 16.5. The van der Waals surface area contributed by atoms with Gasteiger partial charge < -0.3 is 19.7 Å². The van der Waals surface area contributed by atoms with E-state index in [0.29, 0.717) is 13.2 Å². The van der Waals surface area contributed by atoms with Crippen molar-refractivity contribution in [2.75, 3.05) is 13.7 Å². The SMILES string of the molecule is C/C=C/[C@@H](O)[C@H](C)[C@@H](O)[C@@H](C)COCc1ccc(OC)cc1. The maximum absolute atomic E-state index is 10.3. The van der Waals surface area contributed by atoms with Crippen LogP contribution in [0.5, 0.6) is 5.75 Å². The van der Waals surface area contributed by atoms with E-state index >= 15 is 0 Å². The number of aliphatic hydroxyl groups excluding tert-OH is 2. The third kappa shape index (κ3) is 5.79. The maximum atomic E-state index is 10.3. The van der Waals surface area contributed by atoms with Crippen LogP contribution < -0.4 is 4.74 Å². The first-order valence-electron chi connectivity index (χ1n) is 7.69. The maximum Gasteiger partial charge on any atom is 0.118 e. The van der Waals surface area contributed by atoms with Gasteiger partial charge in [0.1, 0.15) is 5.75 Å². The van der Waals surface area contributed by atoms with Crippen molar-refractivity contribution in [3.8, 4) is 5.75 Å². The Morgan fingerprint density at radius 1 is 1.14 bits per heavy atom. The molecule has 0 aliphatic heterocycles. The molecule has 0 bridgehead atoms. The Morgan fingerprint density at radius 3 is 2.32 bits per heavy atom. The van der Waals surface area contributed by atoms with Crippen molar-refractivity contribution in [2.45, 2.75) is 39.6 Å². The molecule has 22 heavy (non-hydrogen) atoms. The van der Waals surface area contributed by atoms with Gasteiger partial charge in [0.05, 0.1) is 32.5 Å². The average molecular weight is 308 g/mol. The van der Waals surface area contributed by atoms with E-state index in [4.69, 9.17) is 9.47 Å². The minimum absolute atomic E-state index is 0.0480. The summed E-state index contributed by atoms with van der Waals surface area (Å²) in [5, 5.41) is 20.1. The second kappa shape index (κ2) is 9.62. The zero-order valence-electron chi connectivity index (χ0n) is 13.9. The van der Waals surface area contributed by atoms with Crippen LogP contribution in [0.1, 0.15) is 26.3 Å². The molecule has 0 heterocycles. The Kier molecular flexibility index (Phi) is 8.17. The monoisotopic (exact) mass is 308 g/mol. The predicted molar refractivity (Wildman–Crippen MR) is 87.8 cm³/mol. The van der Waals surface area contributed by atoms with Crippen LogP contribution in [0.3, 0.4) is 0 Å². The summed E-state index contributed by atoms with van der Waals surface area (Å²) >= 11 is 0. The van der Waals surface area contributed by atoms with E-state index in [1.807, 2.05) is 45.0 Å². The molecule has 0 radical (unpaired) electrons. The summed E-state index contributed by atoms with van der Waals surface area (Å²) in [6.07, 6.45) is 2.24. The summed E-state index contributed by atoms with van der Waals surface area (Å²) in [5.74, 6) is 0.545. The summed E-state index contributed by atoms with van der Waals surface area (Å²) in [6, 6.07) is 7.70. The lowest BCUT2D eigenvalue weighted by atomic mass is 9.89. The molecule has 0 aromatic heterocycles. The quantitative estimate of drug-likeness (QED) is 0.689. The highest BCUT2D eigenvalue weighted by Crippen LogP contribution is 2.19. The van der Waals surface area contributed by atoms with Gasteiger partial charge in [-0.05, 0) is 24.6 Å². The molecule has 0 saturated heterocycles. The standard InChI is InChI=1S/C18H28O4/c1-5-6-17(19)14(3)18(20)13(2)11-22-12-15-7-9-16(21-4)10-8-15/h5-10,13-14,17-20H,11-12H2,1-4H3/b6-5+/t13-,14-,17+,18-/m0/s1. The number of aliphatic hydroxyl groups is 2. The van der Waals surface area contributed by atoms with Crippen LogP contribution in [0.4, 0.5) is 0 Å². The van der Waals surface area contributed by atoms with Gasteiger partial charge in [-0.15, -0.1) is 0 Å². The minimum Gasteiger partial charge on any atom is -0.497 e. The smallest absolute Gasteiger partial charge is 0.118 e. The van der Waals surface area contributed by atoms with Gasteiger partial charge in [0, 0.05) is 11.8 Å². The first kappa shape index (κ1) is 18.7. The van der Waals surface area contributed by atoms with Gasteiger partial charge in [0.15, 0.2) is 0 Å². The fourth-order valence-corrected chi connectivity index (χ4v) is 2.28. The van der Waals surface area contributed by atoms with Gasteiger partial charge in [-0.1, -0.05) is 38.1 Å². The topological polar surface area (TPSA) is 58.9 Å². The van der Waals surface area contributed by atoms with E-state index in [-0.39, 0.29) is 11.8 Å². The molecule has 0 fully saturated rings. The summed E-state index contributed by atoms with van der Waals surface area (Å²) < 4.78 is 10.8. The third-order valence-corrected chi connectivity index (χ3v) is 3.86. The van der Waals surface area contributed by atoms with Crippen molar-refractivity contribution in [1.82, 2.24) is 0 Å². The second-order valence-corrected chi connectivity index (χ2v) is 5.71. The highest BCUT2D eigenvalue weighted by Gasteiger charge is 2.25. The second-order valence-electron chi connectivity index (χ2n) is 5.71. The number of methoxy groups -OCH3 is 1. The van der Waals surface area contributed by atoms with Crippen molar-refractivity contribution in [3.63, 3.8) is 0 Å². The molecule has 1 aromatic rings. The van der Waals surface area contributed by atoms with Crippen molar-refractivity contribution in [3.05, 3.63) is 42.0 Å². The van der Waals surface area contributed by atoms with Crippen molar-refractivity contribution in [2.24, 2.45) is 11.8 Å². The molecule has 1 aromatic carbocycles. The van der Waals surface area contributed by atoms with Crippen LogP contribution in [-0.2, 0) is 11.3 Å². The number of benzene rings is 1. The van der Waals surface area contributed by atoms with Crippen molar-refractivity contribution in [1.29, 1.82) is 0 Å². The van der Waals surface area contributed by atoms with Crippen LogP contribution in [0.25, 0.3) is 0 Å². The molecule has 0 spiro atoms. The lowest BCUT2D eigenvalue weighted by Crippen LogP contribution is -2.35. The Bertz CT molecular complexity index is 441. The zero-order valence-corrected chi connectivity index (χ0v) is 13.9. The molecule has 0 aliphatic carbocycles. The Balaban J connectivity index is 2.39. The van der Waals surface area contributed by atoms with Crippen LogP contribution >= 0.6 is 0 Å². The van der Waals surface area contributed by atoms with E-state index in [9.17, 15) is 10.2 Å². The minimum atomic E-state index is -0.635. The van der Waals surface area contributed by atoms with E-state index in [1.54, 1.807) is 19.3 Å². The Morgan fingerprint density at radius 2 is 1.77 bits per heavy atom. The fraction of sp³-hybridized carbons (Fsp3) is 0.556. The molecule has 0 unspecified atom stereocenters. The molecule has 4 atom stereocenters. The molecule has 4 nitrogen and oxygen atoms in total. The fourth-order valence-electron chi connectivity index (χ4n) is 2.28. The molecule has 0 aliphatic rings. The molecule has 0 saturated carbocycles. The third-order valence-electron chi connectivity index (χ3n) is 3.86. The van der Waals surface area contributed by atoms with Crippen LogP contribution in [0.15, 0.2) is 36.4 Å². The van der Waals surface area contributed by atoms with E-state index < -0.39 is 12.2 Å². The molecule has 124 valence electrons. The highest BCUT2D eigenvalue weighted by molar-refractivity contribution is 5.26. The number of hydrogen-bond acceptors (Lipinski definition) is 4.